The average Bonchev–Trinajstić information content (AvgIpc) is 3.07. The topological polar surface area (TPSA) is 69.6 Å². The van der Waals surface area contributed by atoms with Gasteiger partial charge >= 0.3 is 5.97 Å². The molecule has 1 amide bonds. The van der Waals surface area contributed by atoms with Crippen LogP contribution in [-0.4, -0.2) is 41.0 Å². The van der Waals surface area contributed by atoms with Crippen LogP contribution in [0.2, 0.25) is 0 Å². The molecule has 5 nitrogen and oxygen atoms in total. The summed E-state index contributed by atoms with van der Waals surface area (Å²) in [6.07, 6.45) is 7.34. The summed E-state index contributed by atoms with van der Waals surface area (Å²) in [5.74, 6) is -1.02. The molecule has 1 saturated heterocycles. The number of carbonyl (C=O) groups is 2. The summed E-state index contributed by atoms with van der Waals surface area (Å²) in [6, 6.07) is 0.474. The minimum Gasteiger partial charge on any atom is -0.478 e. The van der Waals surface area contributed by atoms with E-state index in [4.69, 9.17) is 0 Å². The molecule has 0 saturated carbocycles. The molecule has 1 aliphatic carbocycles. The van der Waals surface area contributed by atoms with E-state index in [0.29, 0.717) is 23.2 Å². The highest BCUT2D eigenvalue weighted by molar-refractivity contribution is 7.17. The van der Waals surface area contributed by atoms with Crippen molar-refractivity contribution in [2.45, 2.75) is 57.9 Å². The highest BCUT2D eigenvalue weighted by Crippen LogP contribution is 2.39. The van der Waals surface area contributed by atoms with Crippen molar-refractivity contribution < 1.29 is 14.7 Å². The van der Waals surface area contributed by atoms with E-state index in [1.165, 1.54) is 17.8 Å². The van der Waals surface area contributed by atoms with Crippen LogP contribution in [0.3, 0.4) is 0 Å². The molecule has 0 aromatic carbocycles. The van der Waals surface area contributed by atoms with Crippen molar-refractivity contribution in [2.24, 2.45) is 0 Å². The van der Waals surface area contributed by atoms with E-state index in [1.807, 2.05) is 0 Å². The first kappa shape index (κ1) is 16.5. The SMILES string of the molecule is CCC1CCCCN1CC(=O)Nc1sc2c(c1C(=O)O)CCC2. The standard InChI is InChI=1S/C17H24N2O3S/c1-2-11-6-3-4-9-19(11)10-14(20)18-16-15(17(21)22)12-7-5-8-13(12)23-16/h11H,2-10H2,1H3,(H,18,20)(H,21,22). The van der Waals surface area contributed by atoms with Crippen molar-refractivity contribution in [1.29, 1.82) is 0 Å². The number of hydrogen-bond donors (Lipinski definition) is 2. The summed E-state index contributed by atoms with van der Waals surface area (Å²) in [4.78, 5) is 27.3. The molecule has 1 atom stereocenters. The summed E-state index contributed by atoms with van der Waals surface area (Å²) < 4.78 is 0. The second-order valence-electron chi connectivity index (χ2n) is 6.44. The van der Waals surface area contributed by atoms with E-state index in [2.05, 4.69) is 17.1 Å². The van der Waals surface area contributed by atoms with Gasteiger partial charge in [0.2, 0.25) is 5.91 Å². The summed E-state index contributed by atoms with van der Waals surface area (Å²) in [6.45, 7) is 3.48. The predicted molar refractivity (Wildman–Crippen MR) is 91.4 cm³/mol. The number of rotatable bonds is 5. The number of carbonyl (C=O) groups excluding carboxylic acids is 1. The number of nitrogens with zero attached hydrogens (tertiary/aromatic N) is 1. The van der Waals surface area contributed by atoms with Crippen molar-refractivity contribution in [3.8, 4) is 0 Å². The van der Waals surface area contributed by atoms with Crippen LogP contribution in [0.15, 0.2) is 0 Å². The third kappa shape index (κ3) is 3.43. The highest BCUT2D eigenvalue weighted by Gasteiger charge is 2.28. The molecule has 1 aromatic heterocycles. The van der Waals surface area contributed by atoms with Gasteiger partial charge in [-0.2, -0.15) is 0 Å². The Morgan fingerprint density at radius 2 is 2.13 bits per heavy atom. The molecule has 1 aliphatic heterocycles. The van der Waals surface area contributed by atoms with Crippen molar-refractivity contribution >= 4 is 28.2 Å². The molecule has 3 rings (SSSR count). The maximum atomic E-state index is 12.4. The third-order valence-electron chi connectivity index (χ3n) is 4.96. The van der Waals surface area contributed by atoms with Gasteiger partial charge in [0.1, 0.15) is 5.00 Å². The molecule has 0 bridgehead atoms. The number of thiophene rings is 1. The molecule has 23 heavy (non-hydrogen) atoms. The fourth-order valence-electron chi connectivity index (χ4n) is 3.80. The number of anilines is 1. The summed E-state index contributed by atoms with van der Waals surface area (Å²) >= 11 is 1.44. The minimum atomic E-state index is -0.927. The monoisotopic (exact) mass is 336 g/mol. The fourth-order valence-corrected chi connectivity index (χ4v) is 5.10. The molecule has 1 fully saturated rings. The molecule has 1 unspecified atom stereocenters. The lowest BCUT2D eigenvalue weighted by Gasteiger charge is -2.34. The Hall–Kier alpha value is -1.40. The number of fused-ring (bicyclic) bond motifs is 1. The van der Waals surface area contributed by atoms with Crippen LogP contribution in [0.1, 0.15) is 59.8 Å². The van der Waals surface area contributed by atoms with Gasteiger partial charge in [0.15, 0.2) is 0 Å². The van der Waals surface area contributed by atoms with Crippen molar-refractivity contribution in [2.75, 3.05) is 18.4 Å². The Morgan fingerprint density at radius 3 is 2.87 bits per heavy atom. The van der Waals surface area contributed by atoms with Crippen molar-refractivity contribution in [3.63, 3.8) is 0 Å². The number of likely N-dealkylation sites (tertiary alicyclic amines) is 1. The lowest BCUT2D eigenvalue weighted by Crippen LogP contribution is -2.43. The fraction of sp³-hybridized carbons (Fsp3) is 0.647. The molecule has 6 heteroatoms. The van der Waals surface area contributed by atoms with Gasteiger partial charge in [-0.05, 0) is 50.6 Å². The van der Waals surface area contributed by atoms with Gasteiger partial charge in [0.25, 0.3) is 0 Å². The van der Waals surface area contributed by atoms with Crippen LogP contribution in [0.4, 0.5) is 5.00 Å². The van der Waals surface area contributed by atoms with Gasteiger partial charge in [0, 0.05) is 10.9 Å². The zero-order valence-corrected chi connectivity index (χ0v) is 14.4. The number of aromatic carboxylic acids is 1. The Bertz CT molecular complexity index is 611. The Balaban J connectivity index is 1.69. The molecule has 126 valence electrons. The molecular formula is C17H24N2O3S. The zero-order valence-electron chi connectivity index (χ0n) is 13.6. The lowest BCUT2D eigenvalue weighted by molar-refractivity contribution is -0.118. The number of carboxylic acids is 1. The van der Waals surface area contributed by atoms with E-state index >= 15 is 0 Å². The number of aryl methyl sites for hydroxylation is 1. The lowest BCUT2D eigenvalue weighted by atomic mass is 10.0. The normalized spacial score (nSPS) is 21.2. The van der Waals surface area contributed by atoms with Crippen LogP contribution in [0.5, 0.6) is 0 Å². The molecule has 2 N–H and O–H groups in total. The van der Waals surface area contributed by atoms with Crippen LogP contribution in [0, 0.1) is 0 Å². The number of hydrogen-bond acceptors (Lipinski definition) is 4. The second kappa shape index (κ2) is 7.01. The molecule has 0 spiro atoms. The number of piperidine rings is 1. The maximum absolute atomic E-state index is 12.4. The van der Waals surface area contributed by atoms with E-state index in [1.54, 1.807) is 0 Å². The second-order valence-corrected chi connectivity index (χ2v) is 7.55. The molecular weight excluding hydrogens is 312 g/mol. The van der Waals surface area contributed by atoms with E-state index < -0.39 is 5.97 Å². The van der Waals surface area contributed by atoms with Crippen LogP contribution in [-0.2, 0) is 17.6 Å². The summed E-state index contributed by atoms with van der Waals surface area (Å²) in [5, 5.41) is 12.9. The van der Waals surface area contributed by atoms with Crippen molar-refractivity contribution in [3.05, 3.63) is 16.0 Å². The minimum absolute atomic E-state index is 0.0900. The first-order chi connectivity index (χ1) is 11.1. The van der Waals surface area contributed by atoms with E-state index in [0.717, 1.165) is 55.5 Å². The van der Waals surface area contributed by atoms with E-state index in [-0.39, 0.29) is 5.91 Å². The zero-order chi connectivity index (χ0) is 16.4. The maximum Gasteiger partial charge on any atom is 0.339 e. The van der Waals surface area contributed by atoms with E-state index in [9.17, 15) is 14.7 Å². The number of amides is 1. The van der Waals surface area contributed by atoms with Gasteiger partial charge < -0.3 is 10.4 Å². The van der Waals surface area contributed by atoms with Gasteiger partial charge in [-0.15, -0.1) is 11.3 Å². The molecule has 1 aromatic rings. The average molecular weight is 336 g/mol. The van der Waals surface area contributed by atoms with Crippen molar-refractivity contribution in [1.82, 2.24) is 4.90 Å². The number of nitrogens with one attached hydrogen (secondary N) is 1. The Kier molecular flexibility index (Phi) is 5.02. The molecule has 2 aliphatic rings. The molecule has 2 heterocycles. The van der Waals surface area contributed by atoms with Crippen LogP contribution < -0.4 is 5.32 Å². The largest absolute Gasteiger partial charge is 0.478 e. The Morgan fingerprint density at radius 1 is 1.30 bits per heavy atom. The first-order valence-electron chi connectivity index (χ1n) is 8.52. The Labute approximate surface area is 140 Å². The van der Waals surface area contributed by atoms with Gasteiger partial charge in [-0.1, -0.05) is 13.3 Å². The number of carboxylic acid groups (broad SMARTS) is 1. The summed E-state index contributed by atoms with van der Waals surface area (Å²) in [5.41, 5.74) is 1.25. The predicted octanol–water partition coefficient (Wildman–Crippen LogP) is 3.14. The van der Waals surface area contributed by atoms with Gasteiger partial charge in [-0.25, -0.2) is 4.79 Å². The third-order valence-corrected chi connectivity index (χ3v) is 6.16. The van der Waals surface area contributed by atoms with Crippen LogP contribution >= 0.6 is 11.3 Å². The smallest absolute Gasteiger partial charge is 0.339 e. The highest BCUT2D eigenvalue weighted by atomic mass is 32.1. The van der Waals surface area contributed by atoms with Gasteiger partial charge in [0.05, 0.1) is 12.1 Å². The first-order valence-corrected chi connectivity index (χ1v) is 9.33. The summed E-state index contributed by atoms with van der Waals surface area (Å²) in [7, 11) is 0. The van der Waals surface area contributed by atoms with Crippen LogP contribution in [0.25, 0.3) is 0 Å². The quantitative estimate of drug-likeness (QED) is 0.867. The molecule has 0 radical (unpaired) electrons. The van der Waals surface area contributed by atoms with Gasteiger partial charge in [-0.3, -0.25) is 9.69 Å².